The highest BCUT2D eigenvalue weighted by Gasteiger charge is 2.20. The predicted molar refractivity (Wildman–Crippen MR) is 125 cm³/mol. The van der Waals surface area contributed by atoms with Crippen molar-refractivity contribution < 1.29 is 4.39 Å². The van der Waals surface area contributed by atoms with E-state index in [4.69, 9.17) is 0 Å². The highest BCUT2D eigenvalue weighted by molar-refractivity contribution is 5.80. The van der Waals surface area contributed by atoms with Crippen LogP contribution in [0.2, 0.25) is 0 Å². The van der Waals surface area contributed by atoms with Crippen molar-refractivity contribution in [3.8, 4) is 22.3 Å². The summed E-state index contributed by atoms with van der Waals surface area (Å²) < 4.78 is 15.5. The van der Waals surface area contributed by atoms with Crippen molar-refractivity contribution in [3.05, 3.63) is 59.2 Å². The van der Waals surface area contributed by atoms with Crippen LogP contribution in [0.15, 0.2) is 36.7 Å². The number of nitrogens with zero attached hydrogens (tertiary/aromatic N) is 2. The second-order valence-electron chi connectivity index (χ2n) is 7.66. The van der Waals surface area contributed by atoms with Gasteiger partial charge in [0, 0.05) is 42.2 Å². The lowest BCUT2D eigenvalue weighted by molar-refractivity contribution is 0.621. The molecule has 0 fully saturated rings. The van der Waals surface area contributed by atoms with Gasteiger partial charge in [0.05, 0.1) is 0 Å². The molecule has 3 rings (SSSR count). The second-order valence-corrected chi connectivity index (χ2v) is 7.66. The van der Waals surface area contributed by atoms with Gasteiger partial charge >= 0.3 is 0 Å². The number of halogens is 1. The van der Waals surface area contributed by atoms with E-state index < -0.39 is 0 Å². The molecule has 0 atom stereocenters. The largest absolute Gasteiger partial charge is 0.370 e. The lowest BCUT2D eigenvalue weighted by Crippen LogP contribution is -2.04. The topological polar surface area (TPSA) is 49.8 Å². The Morgan fingerprint density at radius 2 is 1.17 bits per heavy atom. The molecule has 0 saturated carbocycles. The van der Waals surface area contributed by atoms with Gasteiger partial charge in [-0.1, -0.05) is 13.8 Å². The summed E-state index contributed by atoms with van der Waals surface area (Å²) in [6.07, 6.45) is 5.64. The zero-order chi connectivity index (χ0) is 21.7. The van der Waals surface area contributed by atoms with E-state index in [1.807, 2.05) is 44.3 Å². The zero-order valence-electron chi connectivity index (χ0n) is 18.6. The van der Waals surface area contributed by atoms with Gasteiger partial charge in [-0.25, -0.2) is 14.4 Å². The average molecular weight is 407 g/mol. The van der Waals surface area contributed by atoms with E-state index >= 15 is 4.39 Å². The van der Waals surface area contributed by atoms with Gasteiger partial charge in [-0.3, -0.25) is 0 Å². The van der Waals surface area contributed by atoms with Crippen LogP contribution in [-0.4, -0.2) is 23.1 Å². The van der Waals surface area contributed by atoms with Crippen LogP contribution < -0.4 is 10.6 Å². The molecule has 0 spiro atoms. The smallest absolute Gasteiger partial charge is 0.134 e. The van der Waals surface area contributed by atoms with Gasteiger partial charge in [0.2, 0.25) is 0 Å². The Labute approximate surface area is 179 Å². The van der Waals surface area contributed by atoms with E-state index in [0.29, 0.717) is 11.1 Å². The summed E-state index contributed by atoms with van der Waals surface area (Å²) in [4.78, 5) is 8.95. The van der Waals surface area contributed by atoms with Gasteiger partial charge in [-0.15, -0.1) is 0 Å². The first-order valence-corrected chi connectivity index (χ1v) is 10.7. The van der Waals surface area contributed by atoms with Crippen LogP contribution in [0.3, 0.4) is 0 Å². The van der Waals surface area contributed by atoms with Crippen LogP contribution in [0.4, 0.5) is 16.0 Å². The number of pyridine rings is 2. The minimum Gasteiger partial charge on any atom is -0.370 e. The number of benzene rings is 1. The van der Waals surface area contributed by atoms with Crippen molar-refractivity contribution >= 4 is 11.6 Å². The molecule has 0 bridgehead atoms. The first-order chi connectivity index (χ1) is 14.5. The Bertz CT molecular complexity index is 884. The fourth-order valence-electron chi connectivity index (χ4n) is 3.69. The van der Waals surface area contributed by atoms with Crippen LogP contribution in [0.5, 0.6) is 0 Å². The molecule has 5 heteroatoms. The maximum absolute atomic E-state index is 15.5. The Morgan fingerprint density at radius 1 is 0.700 bits per heavy atom. The van der Waals surface area contributed by atoms with Crippen LogP contribution in [0, 0.1) is 26.6 Å². The Morgan fingerprint density at radius 3 is 1.60 bits per heavy atom. The van der Waals surface area contributed by atoms with Crippen molar-refractivity contribution in [1.82, 2.24) is 9.97 Å². The summed E-state index contributed by atoms with van der Waals surface area (Å²) in [5.74, 6) is 1.46. The monoisotopic (exact) mass is 406 g/mol. The fourth-order valence-corrected chi connectivity index (χ4v) is 3.69. The molecule has 2 aromatic heterocycles. The van der Waals surface area contributed by atoms with Crippen LogP contribution >= 0.6 is 0 Å². The number of aromatic nitrogens is 2. The Kier molecular flexibility index (Phi) is 7.03. The maximum Gasteiger partial charge on any atom is 0.134 e. The number of hydrogen-bond donors (Lipinski definition) is 2. The highest BCUT2D eigenvalue weighted by atomic mass is 19.1. The number of anilines is 2. The van der Waals surface area contributed by atoms with E-state index in [1.54, 1.807) is 6.20 Å². The summed E-state index contributed by atoms with van der Waals surface area (Å²) in [5.41, 5.74) is 5.89. The van der Waals surface area contributed by atoms with Crippen LogP contribution in [-0.2, 0) is 0 Å². The normalized spacial score (nSPS) is 10.9. The average Bonchev–Trinajstić information content (AvgIpc) is 2.77. The van der Waals surface area contributed by atoms with Gasteiger partial charge in [-0.2, -0.15) is 0 Å². The molecule has 158 valence electrons. The van der Waals surface area contributed by atoms with Crippen molar-refractivity contribution in [2.75, 3.05) is 23.7 Å². The third-order valence-corrected chi connectivity index (χ3v) is 5.45. The molecule has 0 aliphatic rings. The van der Waals surface area contributed by atoms with E-state index in [9.17, 15) is 0 Å². The van der Waals surface area contributed by atoms with Crippen LogP contribution in [0.1, 0.15) is 43.4 Å². The van der Waals surface area contributed by atoms with Gasteiger partial charge in [0.1, 0.15) is 17.5 Å². The molecule has 2 N–H and O–H groups in total. The lowest BCUT2D eigenvalue weighted by Gasteiger charge is -2.19. The Balaban J connectivity index is 1.99. The van der Waals surface area contributed by atoms with E-state index in [1.165, 1.54) is 0 Å². The van der Waals surface area contributed by atoms with E-state index in [2.05, 4.69) is 41.4 Å². The molecule has 0 aliphatic carbocycles. The summed E-state index contributed by atoms with van der Waals surface area (Å²) in [7, 11) is 0. The van der Waals surface area contributed by atoms with Crippen LogP contribution in [0.25, 0.3) is 22.3 Å². The molecular weight excluding hydrogens is 375 g/mol. The molecule has 1 aromatic carbocycles. The minimum absolute atomic E-state index is 0.197. The molecule has 0 radical (unpaired) electrons. The molecule has 0 amide bonds. The standard InChI is InChI=1S/C25H31FN4/c1-6-12-27-21-10-8-19(14-29-21)23-16(3)17(4)24(25(26)18(23)5)20-9-11-22(30-15-20)28-13-7-2/h8-11,14-15H,6-7,12-13H2,1-5H3,(H,27,29)(H,28,30). The van der Waals surface area contributed by atoms with Crippen molar-refractivity contribution in [2.24, 2.45) is 0 Å². The first-order valence-electron chi connectivity index (χ1n) is 10.7. The van der Waals surface area contributed by atoms with E-state index in [0.717, 1.165) is 65.4 Å². The molecule has 2 heterocycles. The number of hydrogen-bond acceptors (Lipinski definition) is 4. The third kappa shape index (κ3) is 4.45. The molecule has 0 unspecified atom stereocenters. The predicted octanol–water partition coefficient (Wildman–Crippen LogP) is 6.52. The first kappa shape index (κ1) is 21.8. The van der Waals surface area contributed by atoms with Gasteiger partial charge in [0.25, 0.3) is 0 Å². The maximum atomic E-state index is 15.5. The van der Waals surface area contributed by atoms with E-state index in [-0.39, 0.29) is 5.82 Å². The summed E-state index contributed by atoms with van der Waals surface area (Å²) in [6, 6.07) is 7.81. The third-order valence-electron chi connectivity index (χ3n) is 5.45. The Hall–Kier alpha value is -2.95. The van der Waals surface area contributed by atoms with Gasteiger partial charge in [0.15, 0.2) is 0 Å². The molecule has 0 saturated heterocycles. The van der Waals surface area contributed by atoms with Crippen molar-refractivity contribution in [3.63, 3.8) is 0 Å². The van der Waals surface area contributed by atoms with Crippen molar-refractivity contribution in [1.29, 1.82) is 0 Å². The summed E-state index contributed by atoms with van der Waals surface area (Å²) in [5, 5.41) is 6.53. The molecule has 30 heavy (non-hydrogen) atoms. The SMILES string of the molecule is CCCNc1ccc(-c2c(C)c(C)c(-c3ccc(NCCC)nc3)c(F)c2C)cn1. The number of rotatable bonds is 8. The summed E-state index contributed by atoms with van der Waals surface area (Å²) in [6.45, 7) is 11.8. The van der Waals surface area contributed by atoms with Crippen molar-refractivity contribution in [2.45, 2.75) is 47.5 Å². The quantitative estimate of drug-likeness (QED) is 0.447. The highest BCUT2D eigenvalue weighted by Crippen LogP contribution is 2.38. The van der Waals surface area contributed by atoms with Gasteiger partial charge < -0.3 is 10.6 Å². The fraction of sp³-hybridized carbons (Fsp3) is 0.360. The van der Waals surface area contributed by atoms with Gasteiger partial charge in [-0.05, 0) is 80.1 Å². The molecular formula is C25H31FN4. The lowest BCUT2D eigenvalue weighted by atomic mass is 9.87. The number of nitrogens with one attached hydrogen (secondary N) is 2. The molecule has 4 nitrogen and oxygen atoms in total. The zero-order valence-corrected chi connectivity index (χ0v) is 18.6. The summed E-state index contributed by atoms with van der Waals surface area (Å²) >= 11 is 0. The molecule has 3 aromatic rings. The second kappa shape index (κ2) is 9.70. The minimum atomic E-state index is -0.197. The molecule has 0 aliphatic heterocycles.